The first-order valence-electron chi connectivity index (χ1n) is 19.4. The molecule has 0 spiro atoms. The average Bonchev–Trinajstić information content (AvgIpc) is 3.35. The molecule has 0 aromatic heterocycles. The maximum Gasteiger partial charge on any atom is 0.407 e. The van der Waals surface area contributed by atoms with Gasteiger partial charge in [-0.25, -0.2) is 19.2 Å². The lowest BCUT2D eigenvalue weighted by Crippen LogP contribution is -2.78. The Morgan fingerprint density at radius 1 is 0.891 bits per heavy atom. The third-order valence-corrected chi connectivity index (χ3v) is 10.5. The van der Waals surface area contributed by atoms with E-state index < -0.39 is 77.8 Å². The summed E-state index contributed by atoms with van der Waals surface area (Å²) in [5.74, 6) is -10.3. The van der Waals surface area contributed by atoms with Crippen LogP contribution in [0.25, 0.3) is 0 Å². The standard InChI is InChI=1S/C40H59NO14/c1-5-6-7-8-9-10-11-12-13-14-15-19-24-41-37(50)53-32-31(43)38(54-33(34(44)45)39(51,35(46)47)40(32,55-38)36(48)49)23-22-26(2)30(52-28(4)42)27(3)25-29-20-17-16-18-21-29/h16-18,20-21,27,30-33,43,51H,2,5-15,19,22-25H2,1,3-4H3,(H,41,50)(H,44,45)(H,46,47)(H,48,49)/t27-,30-,31-,32-,33-,38+,39-,40+/m1/s1. The monoisotopic (exact) mass is 777 g/mol. The van der Waals surface area contributed by atoms with Crippen LogP contribution in [0.2, 0.25) is 0 Å². The summed E-state index contributed by atoms with van der Waals surface area (Å²) in [5, 5.41) is 56.2. The number of nitrogens with one attached hydrogen (secondary N) is 1. The lowest BCUT2D eigenvalue weighted by molar-refractivity contribution is -0.373. The van der Waals surface area contributed by atoms with Crippen LogP contribution in [0.1, 0.15) is 116 Å². The maximum absolute atomic E-state index is 13.0. The number of carboxylic acids is 3. The second-order valence-corrected chi connectivity index (χ2v) is 14.8. The molecule has 15 heteroatoms. The summed E-state index contributed by atoms with van der Waals surface area (Å²) in [7, 11) is 0. The van der Waals surface area contributed by atoms with Crippen molar-refractivity contribution < 1.29 is 68.5 Å². The zero-order valence-electron chi connectivity index (χ0n) is 32.2. The highest BCUT2D eigenvalue weighted by Crippen LogP contribution is 2.56. The molecule has 0 saturated carbocycles. The van der Waals surface area contributed by atoms with Crippen LogP contribution in [0.4, 0.5) is 4.79 Å². The SMILES string of the molecule is C=C(CC[C@]12O[C@H](C(=O)O)[C@@](O)(C(=O)O)[C@](C(=O)O)(O1)[C@H](OC(=O)NCCCCCCCCCCCCCC)[C@H]2O)[C@@H](OC(C)=O)[C@H](C)Cc1ccccc1. The summed E-state index contributed by atoms with van der Waals surface area (Å²) in [6.45, 7) is 9.34. The summed E-state index contributed by atoms with van der Waals surface area (Å²) >= 11 is 0. The van der Waals surface area contributed by atoms with Crippen molar-refractivity contribution in [2.75, 3.05) is 6.54 Å². The molecule has 15 nitrogen and oxygen atoms in total. The zero-order valence-corrected chi connectivity index (χ0v) is 32.2. The van der Waals surface area contributed by atoms with E-state index in [-0.39, 0.29) is 24.5 Å². The Balaban J connectivity index is 1.75. The van der Waals surface area contributed by atoms with Gasteiger partial charge in [-0.3, -0.25) is 4.79 Å². The van der Waals surface area contributed by atoms with Crippen molar-refractivity contribution in [2.24, 2.45) is 5.92 Å². The van der Waals surface area contributed by atoms with Gasteiger partial charge in [-0.15, -0.1) is 0 Å². The first kappa shape index (κ1) is 45.3. The van der Waals surface area contributed by atoms with Gasteiger partial charge in [-0.05, 0) is 30.4 Å². The number of hydrogen-bond donors (Lipinski definition) is 6. The predicted octanol–water partition coefficient (Wildman–Crippen LogP) is 5.14. The number of alkyl carbamates (subject to hydrolysis) is 1. The molecular weight excluding hydrogens is 718 g/mol. The van der Waals surface area contributed by atoms with Gasteiger partial charge in [0.25, 0.3) is 5.60 Å². The Labute approximate surface area is 322 Å². The topological polar surface area (TPSA) is 235 Å². The molecule has 2 aliphatic heterocycles. The molecule has 1 amide bonds. The number of aliphatic hydroxyl groups is 2. The second kappa shape index (κ2) is 20.7. The minimum absolute atomic E-state index is 0.0983. The highest BCUT2D eigenvalue weighted by Gasteiger charge is 2.86. The normalized spacial score (nSPS) is 26.7. The van der Waals surface area contributed by atoms with Crippen LogP contribution in [0.5, 0.6) is 0 Å². The van der Waals surface area contributed by atoms with Gasteiger partial charge in [0.1, 0.15) is 12.2 Å². The van der Waals surface area contributed by atoms with E-state index >= 15 is 0 Å². The van der Waals surface area contributed by atoms with E-state index in [4.69, 9.17) is 18.9 Å². The predicted molar refractivity (Wildman–Crippen MR) is 198 cm³/mol. The summed E-state index contributed by atoms with van der Waals surface area (Å²) in [4.78, 5) is 63.2. The van der Waals surface area contributed by atoms with Crippen molar-refractivity contribution in [1.82, 2.24) is 5.32 Å². The number of carbonyl (C=O) groups is 5. The van der Waals surface area contributed by atoms with E-state index in [0.29, 0.717) is 12.8 Å². The second-order valence-electron chi connectivity index (χ2n) is 14.8. The number of aliphatic carboxylic acids is 3. The van der Waals surface area contributed by atoms with Gasteiger partial charge in [0.15, 0.2) is 6.10 Å². The fourth-order valence-electron chi connectivity index (χ4n) is 7.61. The molecule has 2 heterocycles. The summed E-state index contributed by atoms with van der Waals surface area (Å²) in [6.07, 6.45) is 2.93. The first-order valence-corrected chi connectivity index (χ1v) is 19.4. The molecule has 55 heavy (non-hydrogen) atoms. The highest BCUT2D eigenvalue weighted by molar-refractivity contribution is 5.98. The van der Waals surface area contributed by atoms with Crippen LogP contribution < -0.4 is 5.32 Å². The van der Waals surface area contributed by atoms with Gasteiger partial charge in [0.2, 0.25) is 17.5 Å². The van der Waals surface area contributed by atoms with E-state index in [1.54, 1.807) is 0 Å². The number of aliphatic hydroxyl groups excluding tert-OH is 1. The summed E-state index contributed by atoms with van der Waals surface area (Å²) in [5.41, 5.74) is -6.26. The molecule has 0 radical (unpaired) electrons. The van der Waals surface area contributed by atoms with E-state index in [9.17, 15) is 49.5 Å². The molecule has 3 rings (SSSR count). The molecule has 2 aliphatic rings. The zero-order chi connectivity index (χ0) is 40.8. The number of ether oxygens (including phenoxy) is 4. The summed E-state index contributed by atoms with van der Waals surface area (Å²) < 4.78 is 22.1. The number of benzene rings is 1. The number of hydrogen-bond acceptors (Lipinski definition) is 11. The van der Waals surface area contributed by atoms with E-state index in [1.807, 2.05) is 37.3 Å². The van der Waals surface area contributed by atoms with Crippen LogP contribution in [0.15, 0.2) is 42.5 Å². The van der Waals surface area contributed by atoms with Crippen molar-refractivity contribution in [3.05, 3.63) is 48.0 Å². The van der Waals surface area contributed by atoms with Crippen molar-refractivity contribution >= 4 is 30.0 Å². The van der Waals surface area contributed by atoms with Crippen LogP contribution in [0.3, 0.4) is 0 Å². The largest absolute Gasteiger partial charge is 0.479 e. The van der Waals surface area contributed by atoms with Gasteiger partial charge >= 0.3 is 30.0 Å². The smallest absolute Gasteiger partial charge is 0.407 e. The van der Waals surface area contributed by atoms with Crippen molar-refractivity contribution in [3.8, 4) is 0 Å². The van der Waals surface area contributed by atoms with Crippen LogP contribution >= 0.6 is 0 Å². The van der Waals surface area contributed by atoms with Crippen LogP contribution in [0, 0.1) is 5.92 Å². The number of carbonyl (C=O) groups excluding carboxylic acids is 2. The Bertz CT molecular complexity index is 1470. The molecule has 0 unspecified atom stereocenters. The molecule has 2 saturated heterocycles. The molecule has 6 N–H and O–H groups in total. The molecule has 2 bridgehead atoms. The fourth-order valence-corrected chi connectivity index (χ4v) is 7.61. The number of rotatable bonds is 25. The number of unbranched alkanes of at least 4 members (excludes halogenated alkanes) is 11. The Hall–Kier alpha value is -4.05. The van der Waals surface area contributed by atoms with Gasteiger partial charge < -0.3 is 49.8 Å². The van der Waals surface area contributed by atoms with Crippen LogP contribution in [-0.2, 0) is 44.5 Å². The van der Waals surface area contributed by atoms with Crippen molar-refractivity contribution in [2.45, 2.75) is 158 Å². The number of carboxylic acid groups (broad SMARTS) is 3. The van der Waals surface area contributed by atoms with Gasteiger partial charge in [-0.1, -0.05) is 121 Å². The third-order valence-electron chi connectivity index (χ3n) is 10.5. The van der Waals surface area contributed by atoms with Crippen molar-refractivity contribution in [1.29, 1.82) is 0 Å². The van der Waals surface area contributed by atoms with Gasteiger partial charge in [0.05, 0.1) is 0 Å². The fraction of sp³-hybridized carbons (Fsp3) is 0.675. The molecule has 0 aliphatic carbocycles. The lowest BCUT2D eigenvalue weighted by Gasteiger charge is -2.48. The molecule has 308 valence electrons. The lowest BCUT2D eigenvalue weighted by atomic mass is 9.74. The van der Waals surface area contributed by atoms with E-state index in [1.165, 1.54) is 51.9 Å². The molecule has 1 aromatic rings. The van der Waals surface area contributed by atoms with Gasteiger partial charge in [0, 0.05) is 25.8 Å². The quantitative estimate of drug-likeness (QED) is 0.0429. The number of fused-ring (bicyclic) bond motifs is 2. The summed E-state index contributed by atoms with van der Waals surface area (Å²) in [6, 6.07) is 9.32. The average molecular weight is 778 g/mol. The first-order chi connectivity index (χ1) is 26.1. The minimum atomic E-state index is -3.90. The maximum atomic E-state index is 13.0. The van der Waals surface area contributed by atoms with E-state index in [0.717, 1.165) is 31.2 Å². The van der Waals surface area contributed by atoms with Crippen molar-refractivity contribution in [3.63, 3.8) is 0 Å². The van der Waals surface area contributed by atoms with Crippen LogP contribution in [-0.4, -0.2) is 103 Å². The van der Waals surface area contributed by atoms with E-state index in [2.05, 4.69) is 18.8 Å². The number of esters is 1. The highest BCUT2D eigenvalue weighted by atomic mass is 16.8. The Morgan fingerprint density at radius 3 is 1.96 bits per heavy atom. The Morgan fingerprint density at radius 2 is 1.45 bits per heavy atom. The van der Waals surface area contributed by atoms with Gasteiger partial charge in [-0.2, -0.15) is 0 Å². The molecule has 2 fully saturated rings. The third kappa shape index (κ3) is 10.8. The minimum Gasteiger partial charge on any atom is -0.479 e. The molecular formula is C40H59NO14. The molecule has 1 aromatic carbocycles. The molecule has 8 atom stereocenters. The Kier molecular flexibility index (Phi) is 17.1. The number of amides is 1.